The highest BCUT2D eigenvalue weighted by Gasteiger charge is 2.23. The first-order valence-corrected chi connectivity index (χ1v) is 11.7. The van der Waals surface area contributed by atoms with Gasteiger partial charge in [0, 0.05) is 28.1 Å². The molecule has 0 spiro atoms. The van der Waals surface area contributed by atoms with Crippen molar-refractivity contribution >= 4 is 44.4 Å². The lowest BCUT2D eigenvalue weighted by molar-refractivity contribution is 0.0985. The summed E-state index contributed by atoms with van der Waals surface area (Å²) in [5.74, 6) is 0.604. The van der Waals surface area contributed by atoms with Crippen LogP contribution in [-0.4, -0.2) is 28.2 Å². The number of hydrogen-bond donors (Lipinski definition) is 0. The van der Waals surface area contributed by atoms with Gasteiger partial charge in [0.1, 0.15) is 11.3 Å². The third kappa shape index (κ3) is 4.89. The first kappa shape index (κ1) is 21.3. The fourth-order valence-electron chi connectivity index (χ4n) is 3.20. The highest BCUT2D eigenvalue weighted by molar-refractivity contribution is 7.99. The average molecular weight is 450 g/mol. The number of thioether (sulfide) groups is 1. The summed E-state index contributed by atoms with van der Waals surface area (Å²) in [4.78, 5) is 25.4. The van der Waals surface area contributed by atoms with Gasteiger partial charge >= 0.3 is 0 Å². The largest absolute Gasteiger partial charge is 0.494 e. The number of ether oxygens (including phenoxy) is 1. The van der Waals surface area contributed by atoms with E-state index in [4.69, 9.17) is 9.72 Å². The fourth-order valence-corrected chi connectivity index (χ4v) is 5.01. The second-order valence-electron chi connectivity index (χ2n) is 7.25. The molecule has 158 valence electrons. The Morgan fingerprint density at radius 2 is 1.94 bits per heavy atom. The SMILES string of the molecule is COc1cccc2sc(N(Cc3cccnc3)C(=O)c3ccc(SC(C)C)cc3)nc12. The van der Waals surface area contributed by atoms with Crippen LogP contribution >= 0.6 is 23.1 Å². The lowest BCUT2D eigenvalue weighted by Crippen LogP contribution is -2.30. The molecule has 7 heteroatoms. The zero-order valence-corrected chi connectivity index (χ0v) is 19.2. The van der Waals surface area contributed by atoms with Crippen LogP contribution in [0.1, 0.15) is 29.8 Å². The Kier molecular flexibility index (Phi) is 6.53. The van der Waals surface area contributed by atoms with Gasteiger partial charge in [0.25, 0.3) is 5.91 Å². The van der Waals surface area contributed by atoms with Gasteiger partial charge in [-0.2, -0.15) is 0 Å². The number of amides is 1. The summed E-state index contributed by atoms with van der Waals surface area (Å²) in [7, 11) is 1.63. The third-order valence-electron chi connectivity index (χ3n) is 4.60. The predicted octanol–water partition coefficient (Wildman–Crippen LogP) is 6.05. The van der Waals surface area contributed by atoms with Gasteiger partial charge in [-0.15, -0.1) is 11.8 Å². The predicted molar refractivity (Wildman–Crippen MR) is 128 cm³/mol. The molecule has 0 saturated carbocycles. The molecule has 0 atom stereocenters. The number of methoxy groups -OCH3 is 1. The molecule has 0 unspecified atom stereocenters. The lowest BCUT2D eigenvalue weighted by Gasteiger charge is -2.20. The quantitative estimate of drug-likeness (QED) is 0.322. The van der Waals surface area contributed by atoms with E-state index in [2.05, 4.69) is 18.8 Å². The number of nitrogens with zero attached hydrogens (tertiary/aromatic N) is 3. The number of anilines is 1. The smallest absolute Gasteiger partial charge is 0.260 e. The molecule has 0 saturated heterocycles. The number of benzene rings is 2. The Morgan fingerprint density at radius 1 is 1.13 bits per heavy atom. The summed E-state index contributed by atoms with van der Waals surface area (Å²) in [5, 5.41) is 1.12. The number of rotatable bonds is 7. The molecule has 0 bridgehead atoms. The van der Waals surface area contributed by atoms with Gasteiger partial charge < -0.3 is 4.74 Å². The molecule has 0 N–H and O–H groups in total. The molecule has 5 nitrogen and oxygen atoms in total. The topological polar surface area (TPSA) is 55.3 Å². The average Bonchev–Trinajstić information content (AvgIpc) is 3.22. The summed E-state index contributed by atoms with van der Waals surface area (Å²) < 4.78 is 6.43. The maximum Gasteiger partial charge on any atom is 0.260 e. The van der Waals surface area contributed by atoms with Crippen molar-refractivity contribution in [1.29, 1.82) is 0 Å². The minimum atomic E-state index is -0.0945. The standard InChI is InChI=1S/C24H23N3O2S2/c1-16(2)30-19-11-9-18(10-12-19)23(28)27(15-17-6-5-13-25-14-17)24-26-22-20(29-3)7-4-8-21(22)31-24/h4-14,16H,15H2,1-3H3. The van der Waals surface area contributed by atoms with E-state index in [0.29, 0.717) is 28.2 Å². The van der Waals surface area contributed by atoms with Crippen LogP contribution in [0.25, 0.3) is 10.2 Å². The van der Waals surface area contributed by atoms with E-state index >= 15 is 0 Å². The number of pyridine rings is 1. The minimum absolute atomic E-state index is 0.0945. The van der Waals surface area contributed by atoms with E-state index in [-0.39, 0.29) is 5.91 Å². The van der Waals surface area contributed by atoms with Crippen LogP contribution in [0.15, 0.2) is 71.9 Å². The van der Waals surface area contributed by atoms with Crippen molar-refractivity contribution in [2.75, 3.05) is 12.0 Å². The summed E-state index contributed by atoms with van der Waals surface area (Å²) in [6, 6.07) is 17.4. The fraction of sp³-hybridized carbons (Fsp3) is 0.208. The van der Waals surface area contributed by atoms with Gasteiger partial charge in [-0.05, 0) is 48.0 Å². The molecule has 0 radical (unpaired) electrons. The van der Waals surface area contributed by atoms with E-state index in [1.165, 1.54) is 11.3 Å². The Bertz CT molecular complexity index is 1170. The summed E-state index contributed by atoms with van der Waals surface area (Å²) in [6.07, 6.45) is 3.50. The first-order valence-electron chi connectivity index (χ1n) is 9.96. The van der Waals surface area contributed by atoms with E-state index in [0.717, 1.165) is 20.7 Å². The number of hydrogen-bond acceptors (Lipinski definition) is 6. The zero-order valence-electron chi connectivity index (χ0n) is 17.6. The Morgan fingerprint density at radius 3 is 2.61 bits per heavy atom. The number of fused-ring (bicyclic) bond motifs is 1. The molecule has 31 heavy (non-hydrogen) atoms. The van der Waals surface area contributed by atoms with Crippen LogP contribution in [0.5, 0.6) is 5.75 Å². The molecule has 2 aromatic heterocycles. The van der Waals surface area contributed by atoms with Gasteiger partial charge in [-0.25, -0.2) is 4.98 Å². The number of carbonyl (C=O) groups is 1. The first-order chi connectivity index (χ1) is 15.0. The maximum atomic E-state index is 13.5. The van der Waals surface area contributed by atoms with E-state index in [9.17, 15) is 4.79 Å². The van der Waals surface area contributed by atoms with Crippen LogP contribution in [0.3, 0.4) is 0 Å². The van der Waals surface area contributed by atoms with E-state index in [1.807, 2.05) is 54.6 Å². The van der Waals surface area contributed by atoms with Crippen molar-refractivity contribution in [2.24, 2.45) is 0 Å². The molecule has 4 rings (SSSR count). The summed E-state index contributed by atoms with van der Waals surface area (Å²) >= 11 is 3.25. The van der Waals surface area contributed by atoms with Crippen molar-refractivity contribution in [3.05, 3.63) is 78.1 Å². The highest BCUT2D eigenvalue weighted by Crippen LogP contribution is 2.35. The van der Waals surface area contributed by atoms with Crippen molar-refractivity contribution in [1.82, 2.24) is 9.97 Å². The van der Waals surface area contributed by atoms with Crippen LogP contribution in [0, 0.1) is 0 Å². The normalized spacial score (nSPS) is 11.1. The summed E-state index contributed by atoms with van der Waals surface area (Å²) in [5.41, 5.74) is 2.33. The molecule has 1 amide bonds. The second-order valence-corrected chi connectivity index (χ2v) is 9.91. The van der Waals surface area contributed by atoms with Gasteiger partial charge in [-0.1, -0.05) is 37.3 Å². The van der Waals surface area contributed by atoms with Gasteiger partial charge in [0.15, 0.2) is 5.13 Å². The molecule has 0 fully saturated rings. The summed E-state index contributed by atoms with van der Waals surface area (Å²) in [6.45, 7) is 4.69. The van der Waals surface area contributed by atoms with Crippen molar-refractivity contribution in [3.8, 4) is 5.75 Å². The van der Waals surface area contributed by atoms with Crippen LogP contribution in [0.2, 0.25) is 0 Å². The maximum absolute atomic E-state index is 13.5. The number of carbonyl (C=O) groups excluding carboxylic acids is 1. The zero-order chi connectivity index (χ0) is 21.8. The van der Waals surface area contributed by atoms with Crippen LogP contribution in [0.4, 0.5) is 5.13 Å². The molecule has 4 aromatic rings. The Labute approximate surface area is 190 Å². The van der Waals surface area contributed by atoms with Crippen molar-refractivity contribution in [2.45, 2.75) is 30.5 Å². The minimum Gasteiger partial charge on any atom is -0.494 e. The number of aromatic nitrogens is 2. The molecule has 2 aromatic carbocycles. The molecular formula is C24H23N3O2S2. The van der Waals surface area contributed by atoms with Crippen molar-refractivity contribution < 1.29 is 9.53 Å². The monoisotopic (exact) mass is 449 g/mol. The van der Waals surface area contributed by atoms with Crippen LogP contribution in [-0.2, 0) is 6.54 Å². The molecule has 0 aliphatic carbocycles. The number of para-hydroxylation sites is 1. The molecule has 0 aliphatic rings. The third-order valence-corrected chi connectivity index (χ3v) is 6.66. The van der Waals surface area contributed by atoms with E-state index in [1.54, 1.807) is 36.2 Å². The molecule has 0 aliphatic heterocycles. The molecule has 2 heterocycles. The second kappa shape index (κ2) is 9.49. The van der Waals surface area contributed by atoms with E-state index < -0.39 is 0 Å². The van der Waals surface area contributed by atoms with Gasteiger partial charge in [-0.3, -0.25) is 14.7 Å². The Balaban J connectivity index is 1.71. The lowest BCUT2D eigenvalue weighted by atomic mass is 10.2. The number of thiazole rings is 1. The highest BCUT2D eigenvalue weighted by atomic mass is 32.2. The van der Waals surface area contributed by atoms with Gasteiger partial charge in [0.2, 0.25) is 0 Å². The Hall–Kier alpha value is -2.90. The molecular weight excluding hydrogens is 426 g/mol. The van der Waals surface area contributed by atoms with Crippen LogP contribution < -0.4 is 9.64 Å². The van der Waals surface area contributed by atoms with Crippen molar-refractivity contribution in [3.63, 3.8) is 0 Å². The van der Waals surface area contributed by atoms with Gasteiger partial charge in [0.05, 0.1) is 18.4 Å².